The topological polar surface area (TPSA) is 20.2 Å². The molecule has 18 heavy (non-hydrogen) atoms. The lowest BCUT2D eigenvalue weighted by Gasteiger charge is -2.39. The SMILES string of the molecule is CC(C)=CCC/C(C)=C/C(O)[Si](C)(C)C(C)(C)C. The monoisotopic (exact) mass is 268 g/mol. The van der Waals surface area contributed by atoms with Gasteiger partial charge in [-0.1, -0.05) is 57.2 Å². The molecule has 0 aromatic heterocycles. The molecular weight excluding hydrogens is 236 g/mol. The highest BCUT2D eigenvalue weighted by molar-refractivity contribution is 6.81. The van der Waals surface area contributed by atoms with E-state index in [2.05, 4.69) is 66.8 Å². The third-order valence-electron chi connectivity index (χ3n) is 4.21. The number of aliphatic hydroxyl groups excluding tert-OH is 1. The summed E-state index contributed by atoms with van der Waals surface area (Å²) in [4.78, 5) is 0. The van der Waals surface area contributed by atoms with Crippen molar-refractivity contribution in [3.63, 3.8) is 0 Å². The van der Waals surface area contributed by atoms with Crippen molar-refractivity contribution in [3.05, 3.63) is 23.3 Å². The quantitative estimate of drug-likeness (QED) is 0.544. The Kier molecular flexibility index (Phi) is 6.59. The molecule has 0 saturated carbocycles. The minimum Gasteiger partial charge on any atom is -0.393 e. The van der Waals surface area contributed by atoms with Gasteiger partial charge in [0.1, 0.15) is 0 Å². The van der Waals surface area contributed by atoms with Crippen LogP contribution in [0.4, 0.5) is 0 Å². The Balaban J connectivity index is 4.62. The van der Waals surface area contributed by atoms with E-state index >= 15 is 0 Å². The van der Waals surface area contributed by atoms with Crippen molar-refractivity contribution < 1.29 is 5.11 Å². The zero-order valence-electron chi connectivity index (χ0n) is 13.6. The van der Waals surface area contributed by atoms with E-state index in [4.69, 9.17) is 0 Å². The molecule has 0 radical (unpaired) electrons. The molecule has 1 atom stereocenters. The van der Waals surface area contributed by atoms with E-state index in [0.717, 1.165) is 12.8 Å². The summed E-state index contributed by atoms with van der Waals surface area (Å²) in [6.45, 7) is 17.7. The summed E-state index contributed by atoms with van der Waals surface area (Å²) in [6.07, 6.45) is 6.48. The van der Waals surface area contributed by atoms with Crippen molar-refractivity contribution in [1.82, 2.24) is 0 Å². The molecule has 0 saturated heterocycles. The van der Waals surface area contributed by atoms with Crippen LogP contribution < -0.4 is 0 Å². The fourth-order valence-electron chi connectivity index (χ4n) is 1.59. The minimum absolute atomic E-state index is 0.225. The Morgan fingerprint density at radius 2 is 1.67 bits per heavy atom. The van der Waals surface area contributed by atoms with Gasteiger partial charge in [0.2, 0.25) is 0 Å². The van der Waals surface area contributed by atoms with Crippen LogP contribution in [0.5, 0.6) is 0 Å². The molecule has 0 rings (SSSR count). The van der Waals surface area contributed by atoms with Crippen LogP contribution in [0.2, 0.25) is 18.1 Å². The Labute approximate surface area is 115 Å². The Morgan fingerprint density at radius 1 is 1.17 bits per heavy atom. The summed E-state index contributed by atoms with van der Waals surface area (Å²) in [7, 11) is -1.67. The second kappa shape index (κ2) is 6.72. The van der Waals surface area contributed by atoms with Gasteiger partial charge in [-0.2, -0.15) is 0 Å². The fourth-order valence-corrected chi connectivity index (χ4v) is 3.18. The summed E-state index contributed by atoms with van der Waals surface area (Å²) in [5.74, 6) is 0. The molecule has 0 fully saturated rings. The Morgan fingerprint density at radius 3 is 2.06 bits per heavy atom. The Hall–Kier alpha value is -0.343. The van der Waals surface area contributed by atoms with Gasteiger partial charge in [0.25, 0.3) is 0 Å². The molecule has 0 aromatic carbocycles. The van der Waals surface area contributed by atoms with E-state index < -0.39 is 8.07 Å². The van der Waals surface area contributed by atoms with Crippen LogP contribution in [0.15, 0.2) is 23.3 Å². The summed E-state index contributed by atoms with van der Waals surface area (Å²) >= 11 is 0. The van der Waals surface area contributed by atoms with Crippen molar-refractivity contribution in [2.45, 2.75) is 78.2 Å². The van der Waals surface area contributed by atoms with E-state index in [0.29, 0.717) is 0 Å². The summed E-state index contributed by atoms with van der Waals surface area (Å²) in [5.41, 5.74) is 2.43. The van der Waals surface area contributed by atoms with Crippen LogP contribution in [-0.4, -0.2) is 18.9 Å². The van der Waals surface area contributed by atoms with Crippen LogP contribution in [-0.2, 0) is 0 Å². The van der Waals surface area contributed by atoms with E-state index in [1.165, 1.54) is 11.1 Å². The number of allylic oxidation sites excluding steroid dienone is 3. The first-order valence-electron chi connectivity index (χ1n) is 6.97. The van der Waals surface area contributed by atoms with E-state index in [-0.39, 0.29) is 10.8 Å². The highest BCUT2D eigenvalue weighted by Crippen LogP contribution is 2.38. The molecule has 0 bridgehead atoms. The number of aliphatic hydroxyl groups is 1. The third-order valence-corrected chi connectivity index (χ3v) is 9.72. The second-order valence-corrected chi connectivity index (χ2v) is 12.8. The standard InChI is InChI=1S/C16H32OSi/c1-13(2)10-9-11-14(3)12-15(17)18(7,8)16(4,5)6/h10,12,15,17H,9,11H2,1-8H3/b14-12+. The van der Waals surface area contributed by atoms with Crippen LogP contribution in [0.25, 0.3) is 0 Å². The molecule has 1 nitrogen and oxygen atoms in total. The zero-order chi connectivity index (χ0) is 14.6. The molecule has 0 aliphatic carbocycles. The van der Waals surface area contributed by atoms with Gasteiger partial charge in [0.05, 0.1) is 13.8 Å². The summed E-state index contributed by atoms with van der Waals surface area (Å²) in [5, 5.41) is 10.7. The number of hydrogen-bond donors (Lipinski definition) is 1. The molecule has 0 spiro atoms. The third kappa shape index (κ3) is 5.53. The second-order valence-electron chi connectivity index (χ2n) is 7.25. The molecule has 106 valence electrons. The maximum absolute atomic E-state index is 10.5. The van der Waals surface area contributed by atoms with Crippen LogP contribution >= 0.6 is 0 Å². The van der Waals surface area contributed by atoms with Gasteiger partial charge in [-0.05, 0) is 38.7 Å². The van der Waals surface area contributed by atoms with Gasteiger partial charge >= 0.3 is 0 Å². The van der Waals surface area contributed by atoms with Gasteiger partial charge in [0, 0.05) is 0 Å². The lowest BCUT2D eigenvalue weighted by Crippen LogP contribution is -2.48. The predicted octanol–water partition coefficient (Wildman–Crippen LogP) is 5.09. The Bertz CT molecular complexity index is 314. The number of rotatable bonds is 5. The average molecular weight is 269 g/mol. The first kappa shape index (κ1) is 17.7. The predicted molar refractivity (Wildman–Crippen MR) is 85.6 cm³/mol. The molecule has 0 amide bonds. The maximum atomic E-state index is 10.5. The van der Waals surface area contributed by atoms with E-state index in [9.17, 15) is 5.11 Å². The summed E-state index contributed by atoms with van der Waals surface area (Å²) < 4.78 is 0. The van der Waals surface area contributed by atoms with E-state index in [1.54, 1.807) is 0 Å². The van der Waals surface area contributed by atoms with Crippen LogP contribution in [0.1, 0.15) is 54.4 Å². The lowest BCUT2D eigenvalue weighted by molar-refractivity contribution is 0.282. The van der Waals surface area contributed by atoms with Crippen molar-refractivity contribution in [1.29, 1.82) is 0 Å². The van der Waals surface area contributed by atoms with Gasteiger partial charge in [-0.15, -0.1) is 0 Å². The highest BCUT2D eigenvalue weighted by atomic mass is 28.3. The van der Waals surface area contributed by atoms with Crippen LogP contribution in [0, 0.1) is 0 Å². The number of hydrogen-bond acceptors (Lipinski definition) is 1. The zero-order valence-corrected chi connectivity index (χ0v) is 14.6. The van der Waals surface area contributed by atoms with Crippen LogP contribution in [0.3, 0.4) is 0 Å². The van der Waals surface area contributed by atoms with Gasteiger partial charge in [-0.25, -0.2) is 0 Å². The van der Waals surface area contributed by atoms with Gasteiger partial charge in [-0.3, -0.25) is 0 Å². The molecular formula is C16H32OSi. The van der Waals surface area contributed by atoms with Gasteiger partial charge < -0.3 is 5.11 Å². The largest absolute Gasteiger partial charge is 0.393 e. The molecule has 0 aliphatic heterocycles. The minimum atomic E-state index is -1.67. The van der Waals surface area contributed by atoms with Crippen molar-refractivity contribution in [2.24, 2.45) is 0 Å². The lowest BCUT2D eigenvalue weighted by atomic mass is 10.1. The molecule has 1 unspecified atom stereocenters. The first-order valence-corrected chi connectivity index (χ1v) is 10.0. The van der Waals surface area contributed by atoms with Crippen molar-refractivity contribution >= 4 is 8.07 Å². The van der Waals surface area contributed by atoms with Crippen molar-refractivity contribution in [2.75, 3.05) is 0 Å². The summed E-state index contributed by atoms with van der Waals surface area (Å²) in [6, 6.07) is 0. The van der Waals surface area contributed by atoms with Crippen molar-refractivity contribution in [3.8, 4) is 0 Å². The maximum Gasteiger partial charge on any atom is 0.0914 e. The average Bonchev–Trinajstić information content (AvgIpc) is 2.14. The highest BCUT2D eigenvalue weighted by Gasteiger charge is 2.40. The molecule has 0 aliphatic rings. The first-order chi connectivity index (χ1) is 7.98. The molecule has 1 N–H and O–H groups in total. The van der Waals surface area contributed by atoms with Gasteiger partial charge in [0.15, 0.2) is 0 Å². The molecule has 0 heterocycles. The normalized spacial score (nSPS) is 15.5. The fraction of sp³-hybridized carbons (Fsp3) is 0.750. The molecule has 2 heteroatoms. The smallest absolute Gasteiger partial charge is 0.0914 e. The van der Waals surface area contributed by atoms with E-state index in [1.807, 2.05) is 0 Å². The molecule has 0 aromatic rings.